The summed E-state index contributed by atoms with van der Waals surface area (Å²) in [4.78, 5) is 24.4. The highest BCUT2D eigenvalue weighted by atomic mass is 35.5. The number of carboxylic acid groups (broad SMARTS) is 1. The number of urea groups is 1. The summed E-state index contributed by atoms with van der Waals surface area (Å²) in [7, 11) is 1.42. The normalized spacial score (nSPS) is 21.5. The lowest BCUT2D eigenvalue weighted by Gasteiger charge is -2.23. The molecule has 3 atom stereocenters. The molecule has 1 unspecified atom stereocenters. The van der Waals surface area contributed by atoms with E-state index in [1.807, 2.05) is 0 Å². The zero-order valence-corrected chi connectivity index (χ0v) is 14.5. The molecule has 2 amide bonds. The highest BCUT2D eigenvalue weighted by molar-refractivity contribution is 6.30. The summed E-state index contributed by atoms with van der Waals surface area (Å²) in [6.07, 6.45) is -4.69. The van der Waals surface area contributed by atoms with E-state index in [2.05, 4.69) is 5.32 Å². The van der Waals surface area contributed by atoms with Crippen LogP contribution in [0, 0.1) is 11.8 Å². The molecule has 1 aliphatic rings. The number of carboxylic acids is 1. The smallest absolute Gasteiger partial charge is 0.394 e. The number of nitrogens with zero attached hydrogens (tertiary/aromatic N) is 1. The maximum absolute atomic E-state index is 13.0. The molecular weight excluding hydrogens is 377 g/mol. The van der Waals surface area contributed by atoms with Crippen LogP contribution in [0.1, 0.15) is 11.6 Å². The Hall–Kier alpha value is -2.00. The summed E-state index contributed by atoms with van der Waals surface area (Å²) >= 11 is 5.82. The number of methoxy groups -OCH3 is 1. The number of carbonyl (C=O) groups is 2. The minimum atomic E-state index is -4.69. The molecule has 144 valence electrons. The highest BCUT2D eigenvalue weighted by Gasteiger charge is 2.53. The predicted octanol–water partition coefficient (Wildman–Crippen LogP) is 2.93. The van der Waals surface area contributed by atoms with E-state index < -0.39 is 49.1 Å². The summed E-state index contributed by atoms with van der Waals surface area (Å²) in [5.74, 6) is -5.35. The number of hydrogen-bond donors (Lipinski definition) is 2. The van der Waals surface area contributed by atoms with Crippen molar-refractivity contribution in [3.63, 3.8) is 0 Å². The first-order chi connectivity index (χ1) is 12.1. The van der Waals surface area contributed by atoms with Gasteiger partial charge in [-0.1, -0.05) is 23.7 Å². The zero-order chi connectivity index (χ0) is 19.5. The maximum Gasteiger partial charge on any atom is 0.394 e. The Morgan fingerprint density at radius 1 is 1.35 bits per heavy atom. The summed E-state index contributed by atoms with van der Waals surface area (Å²) in [6.45, 7) is -1.12. The third-order valence-corrected chi connectivity index (χ3v) is 4.50. The molecule has 0 spiro atoms. The monoisotopic (exact) mass is 394 g/mol. The van der Waals surface area contributed by atoms with Crippen molar-refractivity contribution in [2.24, 2.45) is 11.8 Å². The highest BCUT2D eigenvalue weighted by Crippen LogP contribution is 2.37. The fourth-order valence-corrected chi connectivity index (χ4v) is 3.00. The Morgan fingerprint density at radius 3 is 2.42 bits per heavy atom. The standard InChI is InChI=1S/C16H18ClF3N2O4/c1-26-8-13(9-2-4-10(17)5-3-9)21-15(25)22-6-11(14(23)24)12(7-22)16(18,19)20/h2-5,11-13H,6-8H2,1H3,(H,21,25)(H,23,24)/t11-,12-,13?/m1/s1. The summed E-state index contributed by atoms with van der Waals surface area (Å²) in [5.41, 5.74) is 0.658. The van der Waals surface area contributed by atoms with Crippen LogP contribution in [0.3, 0.4) is 0 Å². The number of likely N-dealkylation sites (tertiary alicyclic amines) is 1. The third kappa shape index (κ3) is 4.79. The van der Waals surface area contributed by atoms with Crippen LogP contribution in [-0.4, -0.2) is 55.0 Å². The van der Waals surface area contributed by atoms with Crippen molar-refractivity contribution in [2.75, 3.05) is 26.8 Å². The fraction of sp³-hybridized carbons (Fsp3) is 0.500. The van der Waals surface area contributed by atoms with Gasteiger partial charge in [-0.15, -0.1) is 0 Å². The Bertz CT molecular complexity index is 654. The third-order valence-electron chi connectivity index (χ3n) is 4.25. The van der Waals surface area contributed by atoms with E-state index >= 15 is 0 Å². The van der Waals surface area contributed by atoms with Gasteiger partial charge < -0.3 is 20.1 Å². The minimum absolute atomic E-state index is 0.0896. The van der Waals surface area contributed by atoms with Gasteiger partial charge in [0.25, 0.3) is 0 Å². The second kappa shape index (κ2) is 8.13. The molecule has 0 bridgehead atoms. The first-order valence-electron chi connectivity index (χ1n) is 7.72. The van der Waals surface area contributed by atoms with Crippen molar-refractivity contribution >= 4 is 23.6 Å². The van der Waals surface area contributed by atoms with Gasteiger partial charge >= 0.3 is 18.2 Å². The van der Waals surface area contributed by atoms with E-state index in [0.717, 1.165) is 4.90 Å². The Kier molecular flexibility index (Phi) is 6.35. The van der Waals surface area contributed by atoms with Crippen molar-refractivity contribution in [1.82, 2.24) is 10.2 Å². The molecule has 2 rings (SSSR count). The van der Waals surface area contributed by atoms with E-state index in [0.29, 0.717) is 10.6 Å². The molecule has 1 fully saturated rings. The number of alkyl halides is 3. The lowest BCUT2D eigenvalue weighted by molar-refractivity contribution is -0.187. The first-order valence-corrected chi connectivity index (χ1v) is 8.10. The van der Waals surface area contributed by atoms with Crippen molar-refractivity contribution < 1.29 is 32.6 Å². The van der Waals surface area contributed by atoms with Crippen LogP contribution in [0.2, 0.25) is 5.02 Å². The minimum Gasteiger partial charge on any atom is -0.481 e. The molecule has 0 aromatic heterocycles. The molecule has 10 heteroatoms. The van der Waals surface area contributed by atoms with Crippen LogP contribution >= 0.6 is 11.6 Å². The van der Waals surface area contributed by atoms with Crippen LogP contribution < -0.4 is 5.32 Å². The zero-order valence-electron chi connectivity index (χ0n) is 13.8. The van der Waals surface area contributed by atoms with Gasteiger partial charge in [-0.2, -0.15) is 13.2 Å². The molecular formula is C16H18ClF3N2O4. The van der Waals surface area contributed by atoms with Gasteiger partial charge in [0.05, 0.1) is 24.5 Å². The molecule has 2 N–H and O–H groups in total. The average Bonchev–Trinajstić information content (AvgIpc) is 3.01. The molecule has 0 saturated carbocycles. The van der Waals surface area contributed by atoms with E-state index in [1.165, 1.54) is 7.11 Å². The van der Waals surface area contributed by atoms with E-state index in [9.17, 15) is 22.8 Å². The number of rotatable bonds is 5. The molecule has 1 aliphatic heterocycles. The van der Waals surface area contributed by atoms with Gasteiger partial charge in [-0.25, -0.2) is 4.79 Å². The fourth-order valence-electron chi connectivity index (χ4n) is 2.87. The van der Waals surface area contributed by atoms with Gasteiger partial charge in [-0.05, 0) is 17.7 Å². The van der Waals surface area contributed by atoms with Gasteiger partial charge in [0.1, 0.15) is 0 Å². The second-order valence-electron chi connectivity index (χ2n) is 6.01. The number of carbonyl (C=O) groups excluding carboxylic acids is 1. The molecule has 0 aliphatic carbocycles. The lowest BCUT2D eigenvalue weighted by Crippen LogP contribution is -2.42. The van der Waals surface area contributed by atoms with Crippen LogP contribution in [0.5, 0.6) is 0 Å². The SMILES string of the molecule is COCC(NC(=O)N1C[C@@H](C(F)(F)F)[C@H](C(=O)O)C1)c1ccc(Cl)cc1. The van der Waals surface area contributed by atoms with E-state index in [1.54, 1.807) is 24.3 Å². The van der Waals surface area contributed by atoms with Gasteiger partial charge in [-0.3, -0.25) is 4.79 Å². The number of halogens is 4. The number of hydrogen-bond acceptors (Lipinski definition) is 3. The van der Waals surface area contributed by atoms with Crippen molar-refractivity contribution in [2.45, 2.75) is 12.2 Å². The second-order valence-corrected chi connectivity index (χ2v) is 6.44. The largest absolute Gasteiger partial charge is 0.481 e. The molecule has 1 aromatic carbocycles. The first kappa shape index (κ1) is 20.3. The summed E-state index contributed by atoms with van der Waals surface area (Å²) < 4.78 is 44.2. The number of ether oxygens (including phenoxy) is 1. The molecule has 1 aromatic rings. The van der Waals surface area contributed by atoms with Crippen LogP contribution in [0.25, 0.3) is 0 Å². The number of benzene rings is 1. The predicted molar refractivity (Wildman–Crippen MR) is 86.8 cm³/mol. The summed E-state index contributed by atoms with van der Waals surface area (Å²) in [6, 6.07) is 5.16. The van der Waals surface area contributed by atoms with Crippen molar-refractivity contribution in [3.8, 4) is 0 Å². The lowest BCUT2D eigenvalue weighted by atomic mass is 9.96. The van der Waals surface area contributed by atoms with Gasteiger partial charge in [0.15, 0.2) is 0 Å². The van der Waals surface area contributed by atoms with E-state index in [-0.39, 0.29) is 6.61 Å². The van der Waals surface area contributed by atoms with Crippen LogP contribution in [0.4, 0.5) is 18.0 Å². The summed E-state index contributed by atoms with van der Waals surface area (Å²) in [5, 5.41) is 12.1. The van der Waals surface area contributed by atoms with Crippen molar-refractivity contribution in [1.29, 1.82) is 0 Å². The van der Waals surface area contributed by atoms with E-state index in [4.69, 9.17) is 21.4 Å². The quantitative estimate of drug-likeness (QED) is 0.804. The number of aliphatic carboxylic acids is 1. The van der Waals surface area contributed by atoms with Gasteiger partial charge in [0.2, 0.25) is 0 Å². The molecule has 1 heterocycles. The van der Waals surface area contributed by atoms with Crippen LogP contribution in [-0.2, 0) is 9.53 Å². The molecule has 6 nitrogen and oxygen atoms in total. The molecule has 0 radical (unpaired) electrons. The Balaban J connectivity index is 2.11. The average molecular weight is 395 g/mol. The Labute approximate surface area is 152 Å². The van der Waals surface area contributed by atoms with Gasteiger partial charge in [0, 0.05) is 25.2 Å². The van der Waals surface area contributed by atoms with Crippen molar-refractivity contribution in [3.05, 3.63) is 34.9 Å². The topological polar surface area (TPSA) is 78.9 Å². The molecule has 1 saturated heterocycles. The van der Waals surface area contributed by atoms with Crippen LogP contribution in [0.15, 0.2) is 24.3 Å². The Morgan fingerprint density at radius 2 is 1.96 bits per heavy atom. The maximum atomic E-state index is 13.0. The molecule has 26 heavy (non-hydrogen) atoms. The number of amides is 2. The number of nitrogens with one attached hydrogen (secondary N) is 1.